The van der Waals surface area contributed by atoms with Gasteiger partial charge in [0.2, 0.25) is 5.91 Å². The number of ether oxygens (including phenoxy) is 1. The molecule has 7 atom stereocenters. The molecule has 2 aliphatic carbocycles. The first kappa shape index (κ1) is 16.0. The van der Waals surface area contributed by atoms with Crippen LogP contribution in [-0.2, 0) is 14.9 Å². The molecule has 27 heavy (non-hydrogen) atoms. The fraction of sp³-hybridized carbons (Fsp3) is 0.545. The number of rotatable bonds is 2. The average Bonchev–Trinajstić information content (AvgIpc) is 2.98. The van der Waals surface area contributed by atoms with Crippen molar-refractivity contribution in [3.05, 3.63) is 42.5 Å². The fourth-order valence-corrected chi connectivity index (χ4v) is 7.47. The van der Waals surface area contributed by atoms with Gasteiger partial charge in [-0.3, -0.25) is 14.7 Å². The van der Waals surface area contributed by atoms with Gasteiger partial charge in [-0.2, -0.15) is 0 Å². The molecule has 1 spiro atoms. The van der Waals surface area contributed by atoms with Gasteiger partial charge in [0.15, 0.2) is 0 Å². The van der Waals surface area contributed by atoms with Crippen molar-refractivity contribution in [2.75, 3.05) is 13.7 Å². The molecule has 140 valence electrons. The summed E-state index contributed by atoms with van der Waals surface area (Å²) in [6.45, 7) is 6.76. The van der Waals surface area contributed by atoms with Gasteiger partial charge in [0.1, 0.15) is 0 Å². The number of hydrogen-bond acceptors (Lipinski definition) is 4. The smallest absolute Gasteiger partial charge is 0.218 e. The van der Waals surface area contributed by atoms with Crippen molar-refractivity contribution in [3.63, 3.8) is 0 Å². The van der Waals surface area contributed by atoms with Crippen LogP contribution in [0.5, 0.6) is 0 Å². The first-order chi connectivity index (χ1) is 13.0. The highest BCUT2D eigenvalue weighted by Crippen LogP contribution is 2.72. The summed E-state index contributed by atoms with van der Waals surface area (Å²) in [6, 6.07) is 8.90. The van der Waals surface area contributed by atoms with E-state index in [0.717, 1.165) is 25.1 Å². The molecule has 1 aromatic rings. The summed E-state index contributed by atoms with van der Waals surface area (Å²) in [5.74, 6) is 0.945. The average molecular weight is 363 g/mol. The van der Waals surface area contributed by atoms with Gasteiger partial charge in [-0.15, -0.1) is 6.58 Å². The number of fused-ring (bicyclic) bond motifs is 4. The molecule has 5 bridgehead atoms. The summed E-state index contributed by atoms with van der Waals surface area (Å²) < 4.78 is 6.35. The normalized spacial score (nSPS) is 45.9. The quantitative estimate of drug-likeness (QED) is 0.821. The topological polar surface area (TPSA) is 53.9 Å². The van der Waals surface area contributed by atoms with Gasteiger partial charge in [-0.1, -0.05) is 24.3 Å². The van der Waals surface area contributed by atoms with Crippen LogP contribution in [-0.4, -0.2) is 48.5 Å². The van der Waals surface area contributed by atoms with Crippen molar-refractivity contribution in [2.24, 2.45) is 22.2 Å². The second-order valence-electron chi connectivity index (χ2n) is 8.92. The Hall–Kier alpha value is -1.98. The van der Waals surface area contributed by atoms with E-state index in [1.54, 1.807) is 6.92 Å². The maximum Gasteiger partial charge on any atom is 0.218 e. The van der Waals surface area contributed by atoms with Gasteiger partial charge >= 0.3 is 0 Å². The van der Waals surface area contributed by atoms with E-state index in [4.69, 9.17) is 9.73 Å². The highest BCUT2D eigenvalue weighted by Gasteiger charge is 2.77. The number of amides is 1. The highest BCUT2D eigenvalue weighted by molar-refractivity contribution is 6.07. The second kappa shape index (κ2) is 4.89. The molecule has 5 nitrogen and oxygen atoms in total. The summed E-state index contributed by atoms with van der Waals surface area (Å²) >= 11 is 0. The monoisotopic (exact) mass is 363 g/mol. The molecule has 0 unspecified atom stereocenters. The zero-order valence-corrected chi connectivity index (χ0v) is 15.8. The highest BCUT2D eigenvalue weighted by atomic mass is 16.5. The third kappa shape index (κ3) is 1.54. The number of nitrogens with one attached hydrogen (secondary N) is 1. The minimum absolute atomic E-state index is 0.0151. The molecule has 0 aromatic heterocycles. The lowest BCUT2D eigenvalue weighted by Gasteiger charge is -2.74. The number of carbonyl (C=O) groups is 1. The summed E-state index contributed by atoms with van der Waals surface area (Å²) in [5.41, 5.74) is 3.05. The maximum absolute atomic E-state index is 12.2. The first-order valence-electron chi connectivity index (χ1n) is 9.97. The van der Waals surface area contributed by atoms with E-state index in [0.29, 0.717) is 17.9 Å². The number of para-hydroxylation sites is 1. The lowest BCUT2D eigenvalue weighted by Crippen LogP contribution is -2.84. The predicted molar refractivity (Wildman–Crippen MR) is 103 cm³/mol. The Morgan fingerprint density at radius 1 is 1.44 bits per heavy atom. The fourth-order valence-electron chi connectivity index (χ4n) is 7.47. The minimum Gasteiger partial charge on any atom is -0.372 e. The van der Waals surface area contributed by atoms with E-state index in [1.807, 2.05) is 0 Å². The SMILES string of the molecule is C=C[C@]12[C@@H]3C[C@H]4OC[C@@H]3[C@H](C[C@]13C4=Nc1ccccc13)N(C)[C@@H]2NC(C)=O. The Balaban J connectivity index is 1.68. The van der Waals surface area contributed by atoms with E-state index in [-0.39, 0.29) is 29.0 Å². The molecule has 2 saturated carbocycles. The Labute approximate surface area is 159 Å². The van der Waals surface area contributed by atoms with Gasteiger partial charge < -0.3 is 10.1 Å². The molecule has 5 heteroatoms. The van der Waals surface area contributed by atoms with Gasteiger partial charge in [0.25, 0.3) is 0 Å². The van der Waals surface area contributed by atoms with E-state index >= 15 is 0 Å². The van der Waals surface area contributed by atoms with E-state index < -0.39 is 0 Å². The zero-order chi connectivity index (χ0) is 18.6. The van der Waals surface area contributed by atoms with Gasteiger partial charge in [0.05, 0.1) is 35.7 Å². The summed E-state index contributed by atoms with van der Waals surface area (Å²) in [7, 11) is 2.15. The van der Waals surface area contributed by atoms with Crippen LogP contribution in [0.2, 0.25) is 0 Å². The van der Waals surface area contributed by atoms with Gasteiger partial charge in [0, 0.05) is 24.3 Å². The lowest BCUT2D eigenvalue weighted by molar-refractivity contribution is -0.222. The Bertz CT molecular complexity index is 911. The first-order valence-corrected chi connectivity index (χ1v) is 9.97. The predicted octanol–water partition coefficient (Wildman–Crippen LogP) is 2.40. The lowest BCUT2D eigenvalue weighted by atomic mass is 9.36. The maximum atomic E-state index is 12.2. The third-order valence-corrected chi connectivity index (χ3v) is 8.24. The molecular weight excluding hydrogens is 338 g/mol. The van der Waals surface area contributed by atoms with Crippen LogP contribution in [0, 0.1) is 17.3 Å². The molecular formula is C22H25N3O2. The number of piperidine rings is 2. The molecule has 1 N–H and O–H groups in total. The molecule has 3 saturated heterocycles. The molecule has 4 aliphatic heterocycles. The van der Waals surface area contributed by atoms with Crippen LogP contribution in [0.1, 0.15) is 25.3 Å². The van der Waals surface area contributed by atoms with E-state index in [9.17, 15) is 4.79 Å². The number of hydrogen-bond donors (Lipinski definition) is 1. The molecule has 1 aromatic carbocycles. The third-order valence-electron chi connectivity index (χ3n) is 8.24. The van der Waals surface area contributed by atoms with Crippen LogP contribution >= 0.6 is 0 Å². The Morgan fingerprint density at radius 2 is 2.26 bits per heavy atom. The second-order valence-corrected chi connectivity index (χ2v) is 8.92. The van der Waals surface area contributed by atoms with Crippen molar-refractivity contribution in [1.29, 1.82) is 0 Å². The van der Waals surface area contributed by atoms with Crippen LogP contribution < -0.4 is 5.32 Å². The molecule has 1 amide bonds. The largest absolute Gasteiger partial charge is 0.372 e. The number of nitrogens with zero attached hydrogens (tertiary/aromatic N) is 2. The van der Waals surface area contributed by atoms with Crippen molar-refractivity contribution >= 4 is 17.3 Å². The zero-order valence-electron chi connectivity index (χ0n) is 15.8. The number of carbonyl (C=O) groups excluding carboxylic acids is 1. The molecule has 5 fully saturated rings. The number of aliphatic imine (C=N–C) groups is 1. The number of benzene rings is 1. The van der Waals surface area contributed by atoms with E-state index in [1.165, 1.54) is 11.3 Å². The summed E-state index contributed by atoms with van der Waals surface area (Å²) in [6.07, 6.45) is 4.20. The van der Waals surface area contributed by atoms with Crippen LogP contribution in [0.3, 0.4) is 0 Å². The van der Waals surface area contributed by atoms with Gasteiger partial charge in [-0.25, -0.2) is 0 Å². The Morgan fingerprint density at radius 3 is 3.04 bits per heavy atom. The molecule has 4 heterocycles. The van der Waals surface area contributed by atoms with Crippen molar-refractivity contribution < 1.29 is 9.53 Å². The van der Waals surface area contributed by atoms with Crippen LogP contribution in [0.15, 0.2) is 41.9 Å². The molecule has 0 radical (unpaired) electrons. The summed E-state index contributed by atoms with van der Waals surface area (Å²) in [5, 5.41) is 3.30. The standard InChI is InChI=1S/C22H25N3O2/c1-4-21-15-9-18-19-22(21,14-7-5-6-8-16(14)24-19)10-17(13(15)11-27-18)25(3)20(21)23-12(2)26/h4-8,13,15,17-18,20H,1,9-11H2,2-3H3,(H,23,26)/t13-,15+,17-,18+,20-,21+,22-/m0/s1. The van der Waals surface area contributed by atoms with Crippen molar-refractivity contribution in [2.45, 2.75) is 43.5 Å². The van der Waals surface area contributed by atoms with Crippen molar-refractivity contribution in [3.8, 4) is 0 Å². The van der Waals surface area contributed by atoms with Gasteiger partial charge in [-0.05, 0) is 37.4 Å². The van der Waals surface area contributed by atoms with Crippen LogP contribution in [0.25, 0.3) is 0 Å². The molecule has 6 aliphatic rings. The summed E-state index contributed by atoms with van der Waals surface area (Å²) in [4.78, 5) is 19.7. The van der Waals surface area contributed by atoms with E-state index in [2.05, 4.69) is 54.2 Å². The minimum atomic E-state index is -0.265. The Kier molecular flexibility index (Phi) is 2.90. The van der Waals surface area contributed by atoms with Crippen molar-refractivity contribution in [1.82, 2.24) is 10.2 Å². The van der Waals surface area contributed by atoms with Crippen LogP contribution in [0.4, 0.5) is 5.69 Å². The molecule has 7 rings (SSSR count).